The van der Waals surface area contributed by atoms with Crippen molar-refractivity contribution in [2.45, 2.75) is 45.1 Å². The summed E-state index contributed by atoms with van der Waals surface area (Å²) >= 11 is 0. The van der Waals surface area contributed by atoms with Crippen molar-refractivity contribution in [3.63, 3.8) is 0 Å². The standard InChI is InChI=1S/C13H18N2O/c1-2-13(16)12-7-9-5-3-4-6-11(14)10(9)8-15-12/h7-8,11H,2-6,14H2,1H3. The number of hydrogen-bond acceptors (Lipinski definition) is 3. The van der Waals surface area contributed by atoms with Gasteiger partial charge in [-0.15, -0.1) is 0 Å². The fourth-order valence-electron chi connectivity index (χ4n) is 2.23. The van der Waals surface area contributed by atoms with E-state index in [1.807, 2.05) is 13.0 Å². The Labute approximate surface area is 96.1 Å². The Bertz CT molecular complexity index is 401. The van der Waals surface area contributed by atoms with E-state index < -0.39 is 0 Å². The molecule has 3 nitrogen and oxygen atoms in total. The Morgan fingerprint density at radius 2 is 2.38 bits per heavy atom. The van der Waals surface area contributed by atoms with E-state index in [2.05, 4.69) is 4.98 Å². The summed E-state index contributed by atoms with van der Waals surface area (Å²) in [7, 11) is 0. The molecule has 2 rings (SSSR count). The Balaban J connectivity index is 2.37. The van der Waals surface area contributed by atoms with Crippen molar-refractivity contribution >= 4 is 5.78 Å². The minimum Gasteiger partial charge on any atom is -0.324 e. The second-order valence-electron chi connectivity index (χ2n) is 4.40. The summed E-state index contributed by atoms with van der Waals surface area (Å²) in [5, 5.41) is 0. The maximum Gasteiger partial charge on any atom is 0.180 e. The van der Waals surface area contributed by atoms with Crippen LogP contribution in [-0.2, 0) is 6.42 Å². The molecule has 0 amide bonds. The van der Waals surface area contributed by atoms with Gasteiger partial charge in [0.2, 0.25) is 0 Å². The van der Waals surface area contributed by atoms with Gasteiger partial charge in [-0.25, -0.2) is 0 Å². The number of Topliss-reactive ketones (excluding diaryl/α,β-unsaturated/α-hetero) is 1. The number of fused-ring (bicyclic) bond motifs is 1. The molecule has 2 N–H and O–H groups in total. The molecule has 0 aromatic carbocycles. The molecule has 1 atom stereocenters. The highest BCUT2D eigenvalue weighted by Crippen LogP contribution is 2.26. The monoisotopic (exact) mass is 218 g/mol. The fourth-order valence-corrected chi connectivity index (χ4v) is 2.23. The van der Waals surface area contributed by atoms with Crippen molar-refractivity contribution in [3.8, 4) is 0 Å². The third-order valence-corrected chi connectivity index (χ3v) is 3.24. The number of ketones is 1. The van der Waals surface area contributed by atoms with Gasteiger partial charge < -0.3 is 5.73 Å². The van der Waals surface area contributed by atoms with Crippen molar-refractivity contribution in [3.05, 3.63) is 29.1 Å². The Hall–Kier alpha value is -1.22. The van der Waals surface area contributed by atoms with Gasteiger partial charge in [-0.1, -0.05) is 13.3 Å². The number of nitrogens with two attached hydrogens (primary N) is 1. The van der Waals surface area contributed by atoms with Crippen LogP contribution in [0.4, 0.5) is 0 Å². The van der Waals surface area contributed by atoms with E-state index in [0.717, 1.165) is 31.2 Å². The van der Waals surface area contributed by atoms with Crippen LogP contribution in [0.25, 0.3) is 0 Å². The number of pyridine rings is 1. The molecular weight excluding hydrogens is 200 g/mol. The second kappa shape index (κ2) is 4.74. The second-order valence-corrected chi connectivity index (χ2v) is 4.40. The number of aryl methyl sites for hydroxylation is 1. The van der Waals surface area contributed by atoms with Crippen LogP contribution >= 0.6 is 0 Å². The quantitative estimate of drug-likeness (QED) is 0.612. The van der Waals surface area contributed by atoms with Crippen LogP contribution in [0.3, 0.4) is 0 Å². The molecule has 0 aliphatic heterocycles. The lowest BCUT2D eigenvalue weighted by Gasteiger charge is -2.12. The predicted octanol–water partition coefficient (Wildman–Crippen LogP) is 2.40. The zero-order chi connectivity index (χ0) is 11.5. The number of carbonyl (C=O) groups excluding carboxylic acids is 1. The van der Waals surface area contributed by atoms with E-state index in [1.54, 1.807) is 6.20 Å². The Morgan fingerprint density at radius 1 is 1.56 bits per heavy atom. The number of aromatic nitrogens is 1. The molecular formula is C13H18N2O. The van der Waals surface area contributed by atoms with Gasteiger partial charge in [0.1, 0.15) is 5.69 Å². The highest BCUT2D eigenvalue weighted by atomic mass is 16.1. The summed E-state index contributed by atoms with van der Waals surface area (Å²) in [5.41, 5.74) is 9.02. The topological polar surface area (TPSA) is 56.0 Å². The lowest BCUT2D eigenvalue weighted by molar-refractivity contribution is 0.0983. The molecule has 0 spiro atoms. The van der Waals surface area contributed by atoms with Crippen LogP contribution in [-0.4, -0.2) is 10.8 Å². The highest BCUT2D eigenvalue weighted by Gasteiger charge is 2.17. The summed E-state index contributed by atoms with van der Waals surface area (Å²) in [5.74, 6) is 0.112. The number of nitrogens with zero attached hydrogens (tertiary/aromatic N) is 1. The molecule has 0 saturated carbocycles. The first-order valence-corrected chi connectivity index (χ1v) is 6.00. The highest BCUT2D eigenvalue weighted by molar-refractivity contribution is 5.94. The van der Waals surface area contributed by atoms with Gasteiger partial charge in [0, 0.05) is 18.7 Å². The van der Waals surface area contributed by atoms with Crippen LogP contribution in [0.5, 0.6) is 0 Å². The summed E-state index contributed by atoms with van der Waals surface area (Å²) in [6.07, 6.45) is 6.68. The van der Waals surface area contributed by atoms with E-state index in [1.165, 1.54) is 5.56 Å². The summed E-state index contributed by atoms with van der Waals surface area (Å²) in [4.78, 5) is 15.8. The third-order valence-electron chi connectivity index (χ3n) is 3.24. The van der Waals surface area contributed by atoms with Gasteiger partial charge in [-0.2, -0.15) is 0 Å². The van der Waals surface area contributed by atoms with Crippen LogP contribution < -0.4 is 5.73 Å². The molecule has 16 heavy (non-hydrogen) atoms. The Morgan fingerprint density at radius 3 is 3.12 bits per heavy atom. The first-order chi connectivity index (χ1) is 7.72. The molecule has 1 aliphatic carbocycles. The van der Waals surface area contributed by atoms with Crippen LogP contribution in [0, 0.1) is 0 Å². The lowest BCUT2D eigenvalue weighted by atomic mass is 10.0. The average molecular weight is 218 g/mol. The molecule has 0 saturated heterocycles. The third kappa shape index (κ3) is 2.14. The smallest absolute Gasteiger partial charge is 0.180 e. The lowest BCUT2D eigenvalue weighted by Crippen LogP contribution is -2.12. The average Bonchev–Trinajstić information content (AvgIpc) is 2.50. The maximum atomic E-state index is 11.6. The molecule has 1 aromatic heterocycles. The van der Waals surface area contributed by atoms with Crippen LogP contribution in [0.2, 0.25) is 0 Å². The molecule has 0 radical (unpaired) electrons. The van der Waals surface area contributed by atoms with E-state index in [9.17, 15) is 4.79 Å². The van der Waals surface area contributed by atoms with Gasteiger partial charge in [0.15, 0.2) is 5.78 Å². The first-order valence-electron chi connectivity index (χ1n) is 6.00. The van der Waals surface area contributed by atoms with Crippen molar-refractivity contribution in [2.24, 2.45) is 5.73 Å². The van der Waals surface area contributed by atoms with Gasteiger partial charge in [0.05, 0.1) is 0 Å². The normalized spacial score (nSPS) is 20.0. The number of carbonyl (C=O) groups is 1. The molecule has 1 aliphatic rings. The van der Waals surface area contributed by atoms with Gasteiger partial charge in [-0.3, -0.25) is 9.78 Å². The van der Waals surface area contributed by atoms with Crippen LogP contribution in [0.1, 0.15) is 60.3 Å². The van der Waals surface area contributed by atoms with E-state index in [-0.39, 0.29) is 11.8 Å². The van der Waals surface area contributed by atoms with Crippen molar-refractivity contribution in [2.75, 3.05) is 0 Å². The minimum atomic E-state index is 0.0933. The Kier molecular flexibility index (Phi) is 3.34. The van der Waals surface area contributed by atoms with E-state index in [0.29, 0.717) is 12.1 Å². The molecule has 1 heterocycles. The zero-order valence-electron chi connectivity index (χ0n) is 9.70. The van der Waals surface area contributed by atoms with Gasteiger partial charge in [0.25, 0.3) is 0 Å². The molecule has 1 aromatic rings. The van der Waals surface area contributed by atoms with Crippen molar-refractivity contribution in [1.29, 1.82) is 0 Å². The summed E-state index contributed by atoms with van der Waals surface area (Å²) in [6, 6.07) is 2.03. The largest absolute Gasteiger partial charge is 0.324 e. The summed E-state index contributed by atoms with van der Waals surface area (Å²) in [6.45, 7) is 1.86. The zero-order valence-corrected chi connectivity index (χ0v) is 9.70. The van der Waals surface area contributed by atoms with E-state index in [4.69, 9.17) is 5.73 Å². The molecule has 86 valence electrons. The SMILES string of the molecule is CCC(=O)c1cc2c(cn1)C(N)CCCC2. The van der Waals surface area contributed by atoms with Crippen molar-refractivity contribution in [1.82, 2.24) is 4.98 Å². The first kappa shape index (κ1) is 11.3. The molecule has 0 fully saturated rings. The predicted molar refractivity (Wildman–Crippen MR) is 63.3 cm³/mol. The van der Waals surface area contributed by atoms with Gasteiger partial charge in [-0.05, 0) is 36.5 Å². The molecule has 1 unspecified atom stereocenters. The number of rotatable bonds is 2. The molecule has 0 bridgehead atoms. The van der Waals surface area contributed by atoms with E-state index >= 15 is 0 Å². The maximum absolute atomic E-state index is 11.6. The fraction of sp³-hybridized carbons (Fsp3) is 0.538. The summed E-state index contributed by atoms with van der Waals surface area (Å²) < 4.78 is 0. The van der Waals surface area contributed by atoms with Crippen LogP contribution in [0.15, 0.2) is 12.3 Å². The van der Waals surface area contributed by atoms with Gasteiger partial charge >= 0.3 is 0 Å². The molecule has 3 heteroatoms. The van der Waals surface area contributed by atoms with Crippen molar-refractivity contribution < 1.29 is 4.79 Å². The number of hydrogen-bond donors (Lipinski definition) is 1. The minimum absolute atomic E-state index is 0.0933.